The van der Waals surface area contributed by atoms with Crippen molar-refractivity contribution in [1.29, 1.82) is 0 Å². The second-order valence-electron chi connectivity index (χ2n) is 5.94. The summed E-state index contributed by atoms with van der Waals surface area (Å²) in [5.74, 6) is 3.31. The third-order valence-electron chi connectivity index (χ3n) is 4.37. The molecule has 0 aliphatic carbocycles. The number of ether oxygens (including phenoxy) is 3. The molecule has 0 saturated heterocycles. The lowest BCUT2D eigenvalue weighted by Crippen LogP contribution is -1.89. The number of nitrogens with zero attached hydrogens (tertiary/aromatic N) is 2. The van der Waals surface area contributed by atoms with Gasteiger partial charge in [0.15, 0.2) is 5.76 Å². The lowest BCUT2D eigenvalue weighted by molar-refractivity contribution is 0.393. The zero-order chi connectivity index (χ0) is 19.0. The zero-order valence-electron chi connectivity index (χ0n) is 15.4. The van der Waals surface area contributed by atoms with Gasteiger partial charge in [-0.1, -0.05) is 5.16 Å². The van der Waals surface area contributed by atoms with Gasteiger partial charge in [0.1, 0.15) is 22.8 Å². The van der Waals surface area contributed by atoms with Gasteiger partial charge >= 0.3 is 0 Å². The highest BCUT2D eigenvalue weighted by Gasteiger charge is 2.19. The van der Waals surface area contributed by atoms with Crippen LogP contribution in [0.1, 0.15) is 5.56 Å². The molecule has 4 rings (SSSR count). The second kappa shape index (κ2) is 6.68. The Morgan fingerprint density at radius 2 is 1.56 bits per heavy atom. The molecule has 0 saturated carbocycles. The standard InChI is InChI=1S/C20H18N2O5/c1-11-16-10-13(23-2)5-6-17(16)26-18(11)19-21-20(27-22-19)12-7-14(24-3)9-15(8-12)25-4/h5-10H,1-4H3. The van der Waals surface area contributed by atoms with Crippen molar-refractivity contribution in [2.24, 2.45) is 0 Å². The van der Waals surface area contributed by atoms with Crippen molar-refractivity contribution in [3.05, 3.63) is 42.0 Å². The van der Waals surface area contributed by atoms with Crippen LogP contribution >= 0.6 is 0 Å². The number of fused-ring (bicyclic) bond motifs is 1. The maximum atomic E-state index is 5.93. The summed E-state index contributed by atoms with van der Waals surface area (Å²) in [6.07, 6.45) is 0. The molecular weight excluding hydrogens is 348 g/mol. The van der Waals surface area contributed by atoms with E-state index < -0.39 is 0 Å². The summed E-state index contributed by atoms with van der Waals surface area (Å²) in [4.78, 5) is 4.49. The molecule has 0 N–H and O–H groups in total. The van der Waals surface area contributed by atoms with Crippen LogP contribution in [0.25, 0.3) is 34.0 Å². The minimum absolute atomic E-state index is 0.347. The summed E-state index contributed by atoms with van der Waals surface area (Å²) in [6.45, 7) is 1.95. The lowest BCUT2D eigenvalue weighted by atomic mass is 10.1. The molecule has 0 bridgehead atoms. The molecule has 7 heteroatoms. The highest BCUT2D eigenvalue weighted by Crippen LogP contribution is 2.35. The second-order valence-corrected chi connectivity index (χ2v) is 5.94. The Bertz CT molecular complexity index is 1090. The van der Waals surface area contributed by atoms with Crippen LogP contribution in [0.15, 0.2) is 45.3 Å². The molecule has 7 nitrogen and oxygen atoms in total. The molecule has 2 heterocycles. The van der Waals surface area contributed by atoms with Crippen molar-refractivity contribution in [3.63, 3.8) is 0 Å². The normalized spacial score (nSPS) is 11.0. The van der Waals surface area contributed by atoms with E-state index in [2.05, 4.69) is 10.1 Å². The Morgan fingerprint density at radius 3 is 2.22 bits per heavy atom. The van der Waals surface area contributed by atoms with E-state index in [-0.39, 0.29) is 0 Å². The van der Waals surface area contributed by atoms with Crippen LogP contribution in [0, 0.1) is 6.92 Å². The molecule has 138 valence electrons. The molecule has 4 aromatic rings. The summed E-state index contributed by atoms with van der Waals surface area (Å²) in [7, 11) is 4.80. The largest absolute Gasteiger partial charge is 0.497 e. The maximum Gasteiger partial charge on any atom is 0.258 e. The fourth-order valence-electron chi connectivity index (χ4n) is 2.90. The van der Waals surface area contributed by atoms with Crippen LogP contribution < -0.4 is 14.2 Å². The predicted molar refractivity (Wildman–Crippen MR) is 99.3 cm³/mol. The summed E-state index contributed by atoms with van der Waals surface area (Å²) in [5, 5.41) is 5.02. The lowest BCUT2D eigenvalue weighted by Gasteiger charge is -2.05. The Hall–Kier alpha value is -3.48. The van der Waals surface area contributed by atoms with E-state index in [1.54, 1.807) is 39.5 Å². The number of aromatic nitrogens is 2. The van der Waals surface area contributed by atoms with Crippen LogP contribution in [-0.2, 0) is 0 Å². The number of aryl methyl sites for hydroxylation is 1. The number of hydrogen-bond donors (Lipinski definition) is 0. The van der Waals surface area contributed by atoms with Gasteiger partial charge in [0.2, 0.25) is 5.82 Å². The molecule has 0 amide bonds. The molecule has 2 aromatic heterocycles. The average Bonchev–Trinajstić information content (AvgIpc) is 3.32. The Morgan fingerprint density at radius 1 is 0.852 bits per heavy atom. The predicted octanol–water partition coefficient (Wildman–Crippen LogP) is 4.48. The molecule has 27 heavy (non-hydrogen) atoms. The van der Waals surface area contributed by atoms with Crippen molar-refractivity contribution in [1.82, 2.24) is 10.1 Å². The molecule has 0 spiro atoms. The first kappa shape index (κ1) is 17.0. The fourth-order valence-corrected chi connectivity index (χ4v) is 2.90. The number of benzene rings is 2. The molecule has 0 aliphatic heterocycles. The topological polar surface area (TPSA) is 79.8 Å². The van der Waals surface area contributed by atoms with Crippen molar-refractivity contribution >= 4 is 11.0 Å². The summed E-state index contributed by atoms with van der Waals surface area (Å²) in [6, 6.07) is 11.0. The van der Waals surface area contributed by atoms with E-state index in [0.717, 1.165) is 22.3 Å². The monoisotopic (exact) mass is 366 g/mol. The van der Waals surface area contributed by atoms with Crippen LogP contribution in [0.3, 0.4) is 0 Å². The van der Waals surface area contributed by atoms with E-state index >= 15 is 0 Å². The molecular formula is C20H18N2O5. The van der Waals surface area contributed by atoms with Crippen molar-refractivity contribution in [2.45, 2.75) is 6.92 Å². The van der Waals surface area contributed by atoms with E-state index in [4.69, 9.17) is 23.2 Å². The SMILES string of the molecule is COc1cc(OC)cc(-c2nc(-c3oc4ccc(OC)cc4c3C)no2)c1. The molecule has 0 fully saturated rings. The Kier molecular flexibility index (Phi) is 4.19. The van der Waals surface area contributed by atoms with Crippen molar-refractivity contribution in [2.75, 3.05) is 21.3 Å². The molecule has 0 radical (unpaired) electrons. The van der Waals surface area contributed by atoms with Gasteiger partial charge in [-0.15, -0.1) is 0 Å². The molecule has 0 unspecified atom stereocenters. The smallest absolute Gasteiger partial charge is 0.258 e. The van der Waals surface area contributed by atoms with Gasteiger partial charge in [0, 0.05) is 22.6 Å². The highest BCUT2D eigenvalue weighted by atomic mass is 16.5. The van der Waals surface area contributed by atoms with Gasteiger partial charge < -0.3 is 23.2 Å². The van der Waals surface area contributed by atoms with Gasteiger partial charge in [0.25, 0.3) is 5.89 Å². The molecule has 0 aliphatic rings. The number of hydrogen-bond acceptors (Lipinski definition) is 7. The van der Waals surface area contributed by atoms with Crippen LogP contribution in [-0.4, -0.2) is 31.5 Å². The summed E-state index contributed by atoms with van der Waals surface area (Å²) < 4.78 is 27.2. The van der Waals surface area contributed by atoms with Crippen LogP contribution in [0.4, 0.5) is 0 Å². The molecule has 0 atom stereocenters. The van der Waals surface area contributed by atoms with E-state index in [1.807, 2.05) is 25.1 Å². The van der Waals surface area contributed by atoms with E-state index in [9.17, 15) is 0 Å². The van der Waals surface area contributed by atoms with Gasteiger partial charge in [-0.25, -0.2) is 0 Å². The third-order valence-corrected chi connectivity index (χ3v) is 4.37. The van der Waals surface area contributed by atoms with Gasteiger partial charge in [-0.2, -0.15) is 4.98 Å². The van der Waals surface area contributed by atoms with Gasteiger partial charge in [-0.3, -0.25) is 0 Å². The molecule has 2 aromatic carbocycles. The quantitative estimate of drug-likeness (QED) is 0.515. The van der Waals surface area contributed by atoms with Gasteiger partial charge in [0.05, 0.1) is 21.3 Å². The Labute approximate surface area is 155 Å². The third kappa shape index (κ3) is 2.97. The Balaban J connectivity index is 1.77. The first-order valence-electron chi connectivity index (χ1n) is 8.27. The average molecular weight is 366 g/mol. The van der Waals surface area contributed by atoms with Gasteiger partial charge in [-0.05, 0) is 37.3 Å². The minimum atomic E-state index is 0.347. The minimum Gasteiger partial charge on any atom is -0.497 e. The summed E-state index contributed by atoms with van der Waals surface area (Å²) in [5.41, 5.74) is 2.34. The van der Waals surface area contributed by atoms with E-state index in [1.165, 1.54) is 0 Å². The first-order chi connectivity index (χ1) is 13.1. The van der Waals surface area contributed by atoms with Crippen LogP contribution in [0.5, 0.6) is 17.2 Å². The number of furan rings is 1. The van der Waals surface area contributed by atoms with E-state index in [0.29, 0.717) is 34.5 Å². The fraction of sp³-hybridized carbons (Fsp3) is 0.200. The maximum absolute atomic E-state index is 5.93. The van der Waals surface area contributed by atoms with Crippen molar-refractivity contribution in [3.8, 4) is 40.3 Å². The summed E-state index contributed by atoms with van der Waals surface area (Å²) >= 11 is 0. The number of rotatable bonds is 5. The first-order valence-corrected chi connectivity index (χ1v) is 8.27. The zero-order valence-corrected chi connectivity index (χ0v) is 15.4. The highest BCUT2D eigenvalue weighted by molar-refractivity contribution is 5.87. The number of methoxy groups -OCH3 is 3. The van der Waals surface area contributed by atoms with Crippen molar-refractivity contribution < 1.29 is 23.2 Å². The van der Waals surface area contributed by atoms with Crippen LogP contribution in [0.2, 0.25) is 0 Å².